The van der Waals surface area contributed by atoms with E-state index in [4.69, 9.17) is 4.74 Å². The Morgan fingerprint density at radius 3 is 2.74 bits per heavy atom. The molecule has 1 aliphatic heterocycles. The van der Waals surface area contributed by atoms with Crippen LogP contribution in [0.3, 0.4) is 0 Å². The third-order valence-corrected chi connectivity index (χ3v) is 3.65. The number of aliphatic hydroxyl groups excluding tert-OH is 1. The number of nitrogens with one attached hydrogen (secondary N) is 3. The molecule has 1 saturated heterocycles. The lowest BCUT2D eigenvalue weighted by atomic mass is 10.1. The standard InChI is InChI=1S/C16H24FN3O3/c1-10(2)20-16(22)19-8-14-15(21)13(9-23-14)18-7-11-3-5-12(17)6-4-11/h3-6,10,13-15,18,21H,7-9H2,1-2H3,(H2,19,20,22)/t13-,14-,15+/m1/s1. The summed E-state index contributed by atoms with van der Waals surface area (Å²) < 4.78 is 18.4. The van der Waals surface area contributed by atoms with Crippen LogP contribution in [0.5, 0.6) is 0 Å². The van der Waals surface area contributed by atoms with Gasteiger partial charge in [0, 0.05) is 19.1 Å². The van der Waals surface area contributed by atoms with E-state index >= 15 is 0 Å². The molecule has 0 aromatic heterocycles. The number of carbonyl (C=O) groups is 1. The highest BCUT2D eigenvalue weighted by Crippen LogP contribution is 2.14. The van der Waals surface area contributed by atoms with E-state index in [-0.39, 0.29) is 30.5 Å². The predicted octanol–water partition coefficient (Wildman–Crippen LogP) is 0.751. The van der Waals surface area contributed by atoms with Gasteiger partial charge < -0.3 is 25.8 Å². The average Bonchev–Trinajstić information content (AvgIpc) is 2.84. The lowest BCUT2D eigenvalue weighted by molar-refractivity contribution is 0.0425. The van der Waals surface area contributed by atoms with Gasteiger partial charge in [-0.05, 0) is 31.5 Å². The summed E-state index contributed by atoms with van der Waals surface area (Å²) in [6.45, 7) is 4.86. The van der Waals surface area contributed by atoms with E-state index in [9.17, 15) is 14.3 Å². The number of amides is 2. The fourth-order valence-corrected chi connectivity index (χ4v) is 2.40. The van der Waals surface area contributed by atoms with Crippen LogP contribution in [0.15, 0.2) is 24.3 Å². The molecule has 1 aromatic carbocycles. The summed E-state index contributed by atoms with van der Waals surface area (Å²) in [4.78, 5) is 11.5. The van der Waals surface area contributed by atoms with Crippen molar-refractivity contribution in [3.05, 3.63) is 35.6 Å². The smallest absolute Gasteiger partial charge is 0.315 e. The maximum Gasteiger partial charge on any atom is 0.315 e. The number of hydrogen-bond donors (Lipinski definition) is 4. The van der Waals surface area contributed by atoms with Gasteiger partial charge in [-0.2, -0.15) is 0 Å². The molecule has 7 heteroatoms. The molecule has 0 bridgehead atoms. The van der Waals surface area contributed by atoms with Crippen LogP contribution in [0, 0.1) is 5.82 Å². The second-order valence-corrected chi connectivity index (χ2v) is 5.99. The number of carbonyl (C=O) groups excluding carboxylic acids is 1. The van der Waals surface area contributed by atoms with Gasteiger partial charge in [0.1, 0.15) is 11.9 Å². The van der Waals surface area contributed by atoms with E-state index in [1.54, 1.807) is 12.1 Å². The van der Waals surface area contributed by atoms with Gasteiger partial charge in [-0.3, -0.25) is 0 Å². The van der Waals surface area contributed by atoms with Crippen LogP contribution >= 0.6 is 0 Å². The zero-order valence-electron chi connectivity index (χ0n) is 13.4. The molecule has 4 N–H and O–H groups in total. The van der Waals surface area contributed by atoms with Gasteiger partial charge in [0.05, 0.1) is 18.8 Å². The highest BCUT2D eigenvalue weighted by Gasteiger charge is 2.35. The van der Waals surface area contributed by atoms with Gasteiger partial charge in [-0.1, -0.05) is 12.1 Å². The van der Waals surface area contributed by atoms with Crippen LogP contribution in [0.1, 0.15) is 19.4 Å². The molecule has 3 atom stereocenters. The van der Waals surface area contributed by atoms with Crippen molar-refractivity contribution in [2.75, 3.05) is 13.2 Å². The Hall–Kier alpha value is -1.70. The van der Waals surface area contributed by atoms with E-state index in [2.05, 4.69) is 16.0 Å². The molecule has 1 aliphatic rings. The number of ether oxygens (including phenoxy) is 1. The number of hydrogen-bond acceptors (Lipinski definition) is 4. The van der Waals surface area contributed by atoms with Gasteiger partial charge in [-0.25, -0.2) is 9.18 Å². The topological polar surface area (TPSA) is 82.6 Å². The lowest BCUT2D eigenvalue weighted by Gasteiger charge is -2.19. The molecule has 0 spiro atoms. The Morgan fingerprint density at radius 1 is 1.39 bits per heavy atom. The summed E-state index contributed by atoms with van der Waals surface area (Å²) in [7, 11) is 0. The molecule has 0 aliphatic carbocycles. The van der Waals surface area contributed by atoms with Crippen molar-refractivity contribution >= 4 is 6.03 Å². The van der Waals surface area contributed by atoms with Crippen molar-refractivity contribution in [2.24, 2.45) is 0 Å². The van der Waals surface area contributed by atoms with Crippen molar-refractivity contribution in [3.63, 3.8) is 0 Å². The normalized spacial score (nSPS) is 24.0. The average molecular weight is 325 g/mol. The van der Waals surface area contributed by atoms with Crippen molar-refractivity contribution in [3.8, 4) is 0 Å². The summed E-state index contributed by atoms with van der Waals surface area (Å²) in [6, 6.07) is 5.74. The minimum absolute atomic E-state index is 0.0505. The highest BCUT2D eigenvalue weighted by molar-refractivity contribution is 5.74. The number of aliphatic hydroxyl groups is 1. The molecule has 6 nitrogen and oxygen atoms in total. The first-order valence-electron chi connectivity index (χ1n) is 7.77. The summed E-state index contributed by atoms with van der Waals surface area (Å²) >= 11 is 0. The monoisotopic (exact) mass is 325 g/mol. The van der Waals surface area contributed by atoms with Gasteiger partial charge in [0.25, 0.3) is 0 Å². The summed E-state index contributed by atoms with van der Waals surface area (Å²) in [6.07, 6.45) is -1.16. The first-order chi connectivity index (χ1) is 11.0. The van der Waals surface area contributed by atoms with Crippen LogP contribution in [0.2, 0.25) is 0 Å². The molecule has 1 fully saturated rings. The van der Waals surface area contributed by atoms with Crippen LogP contribution in [-0.2, 0) is 11.3 Å². The van der Waals surface area contributed by atoms with Crippen molar-refractivity contribution in [1.29, 1.82) is 0 Å². The van der Waals surface area contributed by atoms with Crippen molar-refractivity contribution in [1.82, 2.24) is 16.0 Å². The Balaban J connectivity index is 1.74. The summed E-state index contributed by atoms with van der Waals surface area (Å²) in [5, 5.41) is 18.8. The van der Waals surface area contributed by atoms with E-state index in [0.717, 1.165) is 5.56 Å². The third kappa shape index (κ3) is 5.46. The fourth-order valence-electron chi connectivity index (χ4n) is 2.40. The summed E-state index contributed by atoms with van der Waals surface area (Å²) in [5.41, 5.74) is 0.927. The second-order valence-electron chi connectivity index (χ2n) is 5.99. The zero-order chi connectivity index (χ0) is 16.8. The van der Waals surface area contributed by atoms with Gasteiger partial charge in [-0.15, -0.1) is 0 Å². The number of rotatable bonds is 6. The van der Waals surface area contributed by atoms with Crippen molar-refractivity contribution < 1.29 is 19.0 Å². The Morgan fingerprint density at radius 2 is 2.09 bits per heavy atom. The highest BCUT2D eigenvalue weighted by atomic mass is 19.1. The minimum Gasteiger partial charge on any atom is -0.389 e. The Bertz CT molecular complexity index is 510. The minimum atomic E-state index is -0.713. The predicted molar refractivity (Wildman–Crippen MR) is 84.4 cm³/mol. The third-order valence-electron chi connectivity index (χ3n) is 3.65. The second kappa shape index (κ2) is 8.24. The molecule has 2 rings (SSSR count). The lowest BCUT2D eigenvalue weighted by Crippen LogP contribution is -2.47. The first kappa shape index (κ1) is 17.7. The van der Waals surface area contributed by atoms with Crippen LogP contribution in [0.25, 0.3) is 0 Å². The van der Waals surface area contributed by atoms with E-state index in [1.165, 1.54) is 12.1 Å². The van der Waals surface area contributed by atoms with E-state index < -0.39 is 12.2 Å². The number of benzene rings is 1. The quantitative estimate of drug-likeness (QED) is 0.622. The summed E-state index contributed by atoms with van der Waals surface area (Å²) in [5.74, 6) is -0.274. The fraction of sp³-hybridized carbons (Fsp3) is 0.562. The van der Waals surface area contributed by atoms with E-state index in [1.807, 2.05) is 13.8 Å². The van der Waals surface area contributed by atoms with Gasteiger partial charge in [0.2, 0.25) is 0 Å². The molecule has 1 aromatic rings. The first-order valence-corrected chi connectivity index (χ1v) is 7.77. The van der Waals surface area contributed by atoms with Crippen LogP contribution in [0.4, 0.5) is 9.18 Å². The van der Waals surface area contributed by atoms with Crippen molar-refractivity contribution in [2.45, 2.75) is 44.7 Å². The van der Waals surface area contributed by atoms with Gasteiger partial charge in [0.15, 0.2) is 0 Å². The van der Waals surface area contributed by atoms with Crippen LogP contribution < -0.4 is 16.0 Å². The molecule has 1 heterocycles. The molecule has 23 heavy (non-hydrogen) atoms. The maximum absolute atomic E-state index is 12.9. The molecule has 0 unspecified atom stereocenters. The molecular weight excluding hydrogens is 301 g/mol. The molecule has 128 valence electrons. The largest absolute Gasteiger partial charge is 0.389 e. The Kier molecular flexibility index (Phi) is 6.32. The van der Waals surface area contributed by atoms with Crippen LogP contribution in [-0.4, -0.2) is 48.6 Å². The number of urea groups is 1. The zero-order valence-corrected chi connectivity index (χ0v) is 13.4. The van der Waals surface area contributed by atoms with E-state index in [0.29, 0.717) is 13.2 Å². The molecule has 2 amide bonds. The maximum atomic E-state index is 12.9. The molecule has 0 saturated carbocycles. The van der Waals surface area contributed by atoms with Gasteiger partial charge >= 0.3 is 6.03 Å². The SMILES string of the molecule is CC(C)NC(=O)NC[C@H]1OC[C@@H](NCc2ccc(F)cc2)[C@@H]1O. The molecule has 0 radical (unpaired) electrons. The molecular formula is C16H24FN3O3. The Labute approximate surface area is 135 Å². The number of halogens is 1.